The van der Waals surface area contributed by atoms with Gasteiger partial charge in [-0.1, -0.05) is 61.0 Å². The summed E-state index contributed by atoms with van der Waals surface area (Å²) in [4.78, 5) is 0. The normalized spacial score (nSPS) is 10.4. The summed E-state index contributed by atoms with van der Waals surface area (Å²) >= 11 is 16.8. The molecule has 24 heavy (non-hydrogen) atoms. The zero-order valence-corrected chi connectivity index (χ0v) is 16.4. The number of nitrogen functional groups attached to an aromatic ring is 2. The molecule has 0 bridgehead atoms. The quantitative estimate of drug-likeness (QED) is 0.480. The maximum Gasteiger partial charge on any atom is 0.121 e. The van der Waals surface area contributed by atoms with Gasteiger partial charge >= 0.3 is 0 Å². The van der Waals surface area contributed by atoms with E-state index in [9.17, 15) is 0 Å². The molecule has 0 radical (unpaired) electrons. The van der Waals surface area contributed by atoms with Crippen LogP contribution in [0.15, 0.2) is 18.2 Å². The van der Waals surface area contributed by atoms with E-state index in [0.717, 1.165) is 24.5 Å². The minimum atomic E-state index is 0.368. The van der Waals surface area contributed by atoms with Gasteiger partial charge in [-0.05, 0) is 31.9 Å². The van der Waals surface area contributed by atoms with E-state index < -0.39 is 0 Å². The number of hydrogen-bond donors (Lipinski definition) is 2. The van der Waals surface area contributed by atoms with Crippen LogP contribution in [0.3, 0.4) is 0 Å². The number of anilines is 2. The largest absolute Gasteiger partial charge is 0.396 e. The molecule has 2 aromatic rings. The van der Waals surface area contributed by atoms with Gasteiger partial charge in [-0.3, -0.25) is 4.68 Å². The zero-order valence-electron chi connectivity index (χ0n) is 14.2. The fraction of sp³-hybridized carbons (Fsp3) is 0.471. The first-order valence-electron chi connectivity index (χ1n) is 8.11. The van der Waals surface area contributed by atoms with Crippen LogP contribution in [0.4, 0.5) is 11.5 Å². The number of rotatable bonds is 6. The Bertz CT molecular complexity index is 618. The summed E-state index contributed by atoms with van der Waals surface area (Å²) in [6.45, 7) is 5.15. The molecule has 0 amide bonds. The van der Waals surface area contributed by atoms with Crippen molar-refractivity contribution in [2.45, 2.75) is 52.5 Å². The monoisotopic (exact) mass is 390 g/mol. The number of benzene rings is 1. The average Bonchev–Trinajstić information content (AvgIpc) is 2.90. The van der Waals surface area contributed by atoms with E-state index in [4.69, 9.17) is 46.3 Å². The fourth-order valence-electron chi connectivity index (χ4n) is 2.15. The lowest BCUT2D eigenvalue weighted by atomic mass is 10.1. The lowest BCUT2D eigenvalue weighted by Gasteiger charge is -1.99. The van der Waals surface area contributed by atoms with E-state index in [1.165, 1.54) is 25.7 Å². The summed E-state index contributed by atoms with van der Waals surface area (Å²) in [6.07, 6.45) is 6.20. The van der Waals surface area contributed by atoms with Gasteiger partial charge < -0.3 is 11.5 Å². The molecule has 1 aromatic heterocycles. The first kappa shape index (κ1) is 20.9. The molecule has 2 rings (SSSR count). The van der Waals surface area contributed by atoms with Gasteiger partial charge in [-0.15, -0.1) is 0 Å². The van der Waals surface area contributed by atoms with Crippen LogP contribution in [0.2, 0.25) is 15.1 Å². The van der Waals surface area contributed by atoms with E-state index in [1.807, 2.05) is 10.7 Å². The molecule has 1 aromatic carbocycles. The van der Waals surface area contributed by atoms with Crippen molar-refractivity contribution in [2.75, 3.05) is 11.5 Å². The number of aromatic nitrogens is 2. The molecule has 7 heteroatoms. The van der Waals surface area contributed by atoms with Crippen molar-refractivity contribution in [2.24, 2.45) is 0 Å². The second-order valence-electron chi connectivity index (χ2n) is 5.47. The van der Waals surface area contributed by atoms with Gasteiger partial charge in [-0.2, -0.15) is 5.10 Å². The molecule has 134 valence electrons. The lowest BCUT2D eigenvalue weighted by Crippen LogP contribution is -2.01. The van der Waals surface area contributed by atoms with Crippen molar-refractivity contribution in [3.63, 3.8) is 0 Å². The summed E-state index contributed by atoms with van der Waals surface area (Å²) < 4.78 is 1.86. The van der Waals surface area contributed by atoms with Crippen LogP contribution in [-0.2, 0) is 13.0 Å². The number of aryl methyl sites for hydroxylation is 2. The smallest absolute Gasteiger partial charge is 0.121 e. The molecule has 0 aliphatic heterocycles. The molecule has 0 saturated carbocycles. The molecule has 1 heterocycles. The Morgan fingerprint density at radius 1 is 0.958 bits per heavy atom. The van der Waals surface area contributed by atoms with Gasteiger partial charge in [-0.25, -0.2) is 0 Å². The SMILES string of the molecule is CCCCCCc1cc(N)n(CC)n1.Nc1c(Cl)cc(Cl)cc1Cl. The molecule has 0 unspecified atom stereocenters. The van der Waals surface area contributed by atoms with Crippen molar-refractivity contribution in [1.29, 1.82) is 0 Å². The Balaban J connectivity index is 0.000000254. The summed E-state index contributed by atoms with van der Waals surface area (Å²) in [6, 6.07) is 5.09. The van der Waals surface area contributed by atoms with Crippen molar-refractivity contribution < 1.29 is 0 Å². The van der Waals surface area contributed by atoms with E-state index in [-0.39, 0.29) is 0 Å². The minimum absolute atomic E-state index is 0.368. The third-order valence-corrected chi connectivity index (χ3v) is 4.34. The van der Waals surface area contributed by atoms with Crippen LogP contribution in [0, 0.1) is 0 Å². The predicted octanol–water partition coefficient (Wildman–Crippen LogP) is 5.84. The highest BCUT2D eigenvalue weighted by atomic mass is 35.5. The lowest BCUT2D eigenvalue weighted by molar-refractivity contribution is 0.628. The highest BCUT2D eigenvalue weighted by Crippen LogP contribution is 2.30. The standard InChI is InChI=1S/C11H21N3.C6H4Cl3N/c1-3-5-6-7-8-10-9-11(12)14(4-2)13-10;7-3-1-4(8)6(10)5(9)2-3/h9H,3-8,12H2,1-2H3;1-2H,10H2. The zero-order chi connectivity index (χ0) is 18.1. The molecule has 0 saturated heterocycles. The first-order chi connectivity index (χ1) is 11.4. The maximum atomic E-state index is 5.78. The van der Waals surface area contributed by atoms with Gasteiger partial charge in [0.15, 0.2) is 0 Å². The second kappa shape index (κ2) is 10.7. The fourth-order valence-corrected chi connectivity index (χ4v) is 2.97. The van der Waals surface area contributed by atoms with Gasteiger partial charge in [0.05, 0.1) is 21.4 Å². The number of unbranched alkanes of at least 4 members (excludes halogenated alkanes) is 3. The van der Waals surface area contributed by atoms with Crippen molar-refractivity contribution >= 4 is 46.3 Å². The van der Waals surface area contributed by atoms with Crippen molar-refractivity contribution in [3.8, 4) is 0 Å². The van der Waals surface area contributed by atoms with E-state index in [0.29, 0.717) is 20.8 Å². The Labute approximate surface area is 159 Å². The molecular formula is C17H25Cl3N4. The Morgan fingerprint density at radius 3 is 2.08 bits per heavy atom. The number of hydrogen-bond acceptors (Lipinski definition) is 3. The summed E-state index contributed by atoms with van der Waals surface area (Å²) in [5.41, 5.74) is 12.7. The van der Waals surface area contributed by atoms with Gasteiger partial charge in [0.2, 0.25) is 0 Å². The number of halogens is 3. The summed E-state index contributed by atoms with van der Waals surface area (Å²) in [5.74, 6) is 0.790. The summed E-state index contributed by atoms with van der Waals surface area (Å²) in [5, 5.41) is 5.68. The maximum absolute atomic E-state index is 5.78. The minimum Gasteiger partial charge on any atom is -0.396 e. The van der Waals surface area contributed by atoms with Gasteiger partial charge in [0.1, 0.15) is 5.82 Å². The third kappa shape index (κ3) is 6.80. The van der Waals surface area contributed by atoms with Crippen LogP contribution >= 0.6 is 34.8 Å². The van der Waals surface area contributed by atoms with Crippen molar-refractivity contribution in [3.05, 3.63) is 39.0 Å². The van der Waals surface area contributed by atoms with Gasteiger partial charge in [0.25, 0.3) is 0 Å². The van der Waals surface area contributed by atoms with Crippen LogP contribution < -0.4 is 11.5 Å². The molecular weight excluding hydrogens is 367 g/mol. The first-order valence-corrected chi connectivity index (χ1v) is 9.24. The van der Waals surface area contributed by atoms with Crippen LogP contribution in [0.5, 0.6) is 0 Å². The molecule has 4 nitrogen and oxygen atoms in total. The molecule has 0 aliphatic carbocycles. The highest BCUT2D eigenvalue weighted by Gasteiger charge is 2.03. The highest BCUT2D eigenvalue weighted by molar-refractivity contribution is 6.41. The number of nitrogens with zero attached hydrogens (tertiary/aromatic N) is 2. The average molecular weight is 392 g/mol. The second-order valence-corrected chi connectivity index (χ2v) is 6.72. The van der Waals surface area contributed by atoms with E-state index in [2.05, 4.69) is 18.9 Å². The third-order valence-electron chi connectivity index (χ3n) is 3.49. The molecule has 4 N–H and O–H groups in total. The topological polar surface area (TPSA) is 69.9 Å². The molecule has 0 atom stereocenters. The Morgan fingerprint density at radius 2 is 1.58 bits per heavy atom. The van der Waals surface area contributed by atoms with Gasteiger partial charge in [0, 0.05) is 17.6 Å². The van der Waals surface area contributed by atoms with Crippen LogP contribution in [0.25, 0.3) is 0 Å². The van der Waals surface area contributed by atoms with E-state index in [1.54, 1.807) is 12.1 Å². The Hall–Kier alpha value is -1.10. The molecule has 0 spiro atoms. The summed E-state index contributed by atoms with van der Waals surface area (Å²) in [7, 11) is 0. The molecule has 0 fully saturated rings. The number of nitrogens with two attached hydrogens (primary N) is 2. The Kier molecular flexibility index (Phi) is 9.34. The van der Waals surface area contributed by atoms with Crippen molar-refractivity contribution in [1.82, 2.24) is 9.78 Å². The molecule has 0 aliphatic rings. The van der Waals surface area contributed by atoms with Crippen LogP contribution in [-0.4, -0.2) is 9.78 Å². The predicted molar refractivity (Wildman–Crippen MR) is 106 cm³/mol. The van der Waals surface area contributed by atoms with Crippen LogP contribution in [0.1, 0.15) is 45.2 Å². The van der Waals surface area contributed by atoms with E-state index >= 15 is 0 Å².